The van der Waals surface area contributed by atoms with Gasteiger partial charge in [0.1, 0.15) is 0 Å². The summed E-state index contributed by atoms with van der Waals surface area (Å²) in [6, 6.07) is 0. The van der Waals surface area contributed by atoms with Crippen molar-refractivity contribution in [3.05, 3.63) is 47.2 Å². The molecule has 68 valence electrons. The molecule has 0 atom stereocenters. The van der Waals surface area contributed by atoms with Crippen LogP contribution in [-0.4, -0.2) is 0 Å². The minimum Gasteiger partial charge on any atom is -0.398 e. The smallest absolute Gasteiger partial charge is 0.0349 e. The first-order valence-electron chi connectivity index (χ1n) is 4.91. The molecule has 1 nitrogen and oxygen atoms in total. The zero-order valence-corrected chi connectivity index (χ0v) is 7.79. The minimum absolute atomic E-state index is 0.948. The van der Waals surface area contributed by atoms with E-state index in [1.165, 1.54) is 17.6 Å². The number of allylic oxidation sites excluding steroid dienone is 6. The summed E-state index contributed by atoms with van der Waals surface area (Å²) >= 11 is 0. The van der Waals surface area contributed by atoms with Crippen LogP contribution in [0.3, 0.4) is 0 Å². The Labute approximate surface area is 79.3 Å². The summed E-state index contributed by atoms with van der Waals surface area (Å²) < 4.78 is 0. The third-order valence-electron chi connectivity index (χ3n) is 2.50. The molecule has 0 bridgehead atoms. The van der Waals surface area contributed by atoms with Gasteiger partial charge in [-0.25, -0.2) is 0 Å². The van der Waals surface area contributed by atoms with Crippen molar-refractivity contribution in [1.29, 1.82) is 0 Å². The van der Waals surface area contributed by atoms with E-state index in [0.717, 1.165) is 25.0 Å². The molecule has 2 aliphatic carbocycles. The van der Waals surface area contributed by atoms with Gasteiger partial charge < -0.3 is 5.73 Å². The van der Waals surface area contributed by atoms with Crippen LogP contribution in [0.5, 0.6) is 0 Å². The molecule has 0 aliphatic heterocycles. The van der Waals surface area contributed by atoms with Gasteiger partial charge in [-0.15, -0.1) is 0 Å². The number of nitrogens with two attached hydrogens (primary N) is 1. The molecule has 0 fully saturated rings. The van der Waals surface area contributed by atoms with Crippen LogP contribution < -0.4 is 5.73 Å². The van der Waals surface area contributed by atoms with Gasteiger partial charge in [0.2, 0.25) is 0 Å². The predicted molar refractivity (Wildman–Crippen MR) is 56.0 cm³/mol. The van der Waals surface area contributed by atoms with Crippen LogP contribution in [0.1, 0.15) is 25.7 Å². The van der Waals surface area contributed by atoms with Crippen molar-refractivity contribution in [1.82, 2.24) is 0 Å². The van der Waals surface area contributed by atoms with Crippen molar-refractivity contribution in [3.8, 4) is 0 Å². The van der Waals surface area contributed by atoms with Gasteiger partial charge in [-0.2, -0.15) is 0 Å². The first-order chi connectivity index (χ1) is 6.38. The Kier molecular flexibility index (Phi) is 2.35. The molecule has 0 amide bonds. The van der Waals surface area contributed by atoms with Crippen LogP contribution >= 0.6 is 0 Å². The van der Waals surface area contributed by atoms with Crippen LogP contribution in [0, 0.1) is 0 Å². The quantitative estimate of drug-likeness (QED) is 0.648. The lowest BCUT2D eigenvalue weighted by atomic mass is 9.93. The standard InChI is InChI=1S/C12H15N/c13-12-9-5-4-8-11(12)10-6-2-1-3-7-10/h2,6-9H,1,3-5,13H2. The molecular weight excluding hydrogens is 158 g/mol. The first-order valence-corrected chi connectivity index (χ1v) is 4.91. The molecule has 0 aromatic carbocycles. The van der Waals surface area contributed by atoms with Crippen molar-refractivity contribution in [2.75, 3.05) is 0 Å². The van der Waals surface area contributed by atoms with Crippen molar-refractivity contribution in [3.63, 3.8) is 0 Å². The van der Waals surface area contributed by atoms with Gasteiger partial charge in [0.15, 0.2) is 0 Å². The summed E-state index contributed by atoms with van der Waals surface area (Å²) in [5, 5.41) is 0. The molecule has 0 aromatic rings. The van der Waals surface area contributed by atoms with Crippen LogP contribution in [0.25, 0.3) is 0 Å². The fourth-order valence-corrected chi connectivity index (χ4v) is 1.79. The minimum atomic E-state index is 0.948. The monoisotopic (exact) mass is 173 g/mol. The Morgan fingerprint density at radius 3 is 2.38 bits per heavy atom. The van der Waals surface area contributed by atoms with Gasteiger partial charge in [0.05, 0.1) is 0 Å². The molecule has 2 aliphatic rings. The number of hydrogen-bond donors (Lipinski definition) is 1. The highest BCUT2D eigenvalue weighted by Gasteiger charge is 2.09. The first kappa shape index (κ1) is 8.36. The van der Waals surface area contributed by atoms with Gasteiger partial charge in [-0.1, -0.05) is 30.4 Å². The van der Waals surface area contributed by atoms with Gasteiger partial charge in [0, 0.05) is 5.70 Å². The molecule has 0 aromatic heterocycles. The number of hydrogen-bond acceptors (Lipinski definition) is 1. The maximum absolute atomic E-state index is 5.93. The van der Waals surface area contributed by atoms with E-state index >= 15 is 0 Å². The van der Waals surface area contributed by atoms with Gasteiger partial charge in [-0.05, 0) is 36.8 Å². The van der Waals surface area contributed by atoms with E-state index in [9.17, 15) is 0 Å². The van der Waals surface area contributed by atoms with E-state index in [1.54, 1.807) is 0 Å². The third-order valence-corrected chi connectivity index (χ3v) is 2.50. The topological polar surface area (TPSA) is 26.0 Å². The second-order valence-corrected chi connectivity index (χ2v) is 3.49. The third kappa shape index (κ3) is 1.74. The highest BCUT2D eigenvalue weighted by Crippen LogP contribution is 2.25. The Hall–Kier alpha value is -1.24. The van der Waals surface area contributed by atoms with Crippen LogP contribution in [0.15, 0.2) is 47.2 Å². The van der Waals surface area contributed by atoms with E-state index in [1.807, 2.05) is 0 Å². The summed E-state index contributed by atoms with van der Waals surface area (Å²) in [5.74, 6) is 0. The van der Waals surface area contributed by atoms with Gasteiger partial charge >= 0.3 is 0 Å². The maximum atomic E-state index is 5.93. The Morgan fingerprint density at radius 1 is 0.923 bits per heavy atom. The van der Waals surface area contributed by atoms with E-state index in [4.69, 9.17) is 5.73 Å². The lowest BCUT2D eigenvalue weighted by molar-refractivity contribution is 0.973. The zero-order chi connectivity index (χ0) is 9.10. The van der Waals surface area contributed by atoms with Crippen molar-refractivity contribution >= 4 is 0 Å². The van der Waals surface area contributed by atoms with E-state index in [-0.39, 0.29) is 0 Å². The molecule has 0 unspecified atom stereocenters. The van der Waals surface area contributed by atoms with E-state index < -0.39 is 0 Å². The van der Waals surface area contributed by atoms with E-state index in [2.05, 4.69) is 30.4 Å². The fraction of sp³-hybridized carbons (Fsp3) is 0.333. The second kappa shape index (κ2) is 3.65. The lowest BCUT2D eigenvalue weighted by Crippen LogP contribution is -2.06. The average Bonchev–Trinajstić information content (AvgIpc) is 2.20. The molecule has 1 heteroatoms. The molecule has 2 rings (SSSR count). The zero-order valence-electron chi connectivity index (χ0n) is 7.79. The summed E-state index contributed by atoms with van der Waals surface area (Å²) in [4.78, 5) is 0. The average molecular weight is 173 g/mol. The molecule has 13 heavy (non-hydrogen) atoms. The summed E-state index contributed by atoms with van der Waals surface area (Å²) in [6.45, 7) is 0. The molecule has 2 N–H and O–H groups in total. The van der Waals surface area contributed by atoms with Crippen molar-refractivity contribution in [2.45, 2.75) is 25.7 Å². The number of rotatable bonds is 1. The molecule has 0 saturated heterocycles. The van der Waals surface area contributed by atoms with Gasteiger partial charge in [-0.3, -0.25) is 0 Å². The summed E-state index contributed by atoms with van der Waals surface area (Å²) in [6.07, 6.45) is 15.6. The Morgan fingerprint density at radius 2 is 1.69 bits per heavy atom. The molecule has 0 spiro atoms. The lowest BCUT2D eigenvalue weighted by Gasteiger charge is -2.15. The van der Waals surface area contributed by atoms with Crippen molar-refractivity contribution in [2.24, 2.45) is 5.73 Å². The normalized spacial score (nSPS) is 22.0. The van der Waals surface area contributed by atoms with Crippen LogP contribution in [-0.2, 0) is 0 Å². The van der Waals surface area contributed by atoms with E-state index in [0.29, 0.717) is 0 Å². The maximum Gasteiger partial charge on any atom is 0.0349 e. The fourth-order valence-electron chi connectivity index (χ4n) is 1.79. The highest BCUT2D eigenvalue weighted by molar-refractivity contribution is 5.52. The highest BCUT2D eigenvalue weighted by atomic mass is 14.6. The van der Waals surface area contributed by atoms with Crippen LogP contribution in [0.2, 0.25) is 0 Å². The molecular formula is C12H15N. The van der Waals surface area contributed by atoms with Crippen molar-refractivity contribution < 1.29 is 0 Å². The van der Waals surface area contributed by atoms with Crippen LogP contribution in [0.4, 0.5) is 0 Å². The summed E-state index contributed by atoms with van der Waals surface area (Å²) in [7, 11) is 0. The largest absolute Gasteiger partial charge is 0.398 e. The molecule has 0 heterocycles. The predicted octanol–water partition coefficient (Wildman–Crippen LogP) is 2.83. The molecule has 0 saturated carbocycles. The Bertz CT molecular complexity index is 316. The SMILES string of the molecule is NC1=CCCC=C1C1=CCCC=C1. The second-order valence-electron chi connectivity index (χ2n) is 3.49. The summed E-state index contributed by atoms with van der Waals surface area (Å²) in [5.41, 5.74) is 9.42. The Balaban J connectivity index is 2.25. The van der Waals surface area contributed by atoms with Gasteiger partial charge in [0.25, 0.3) is 0 Å². The molecule has 0 radical (unpaired) electrons.